The second kappa shape index (κ2) is 2.67. The van der Waals surface area contributed by atoms with E-state index < -0.39 is 12.0 Å². The molecule has 0 amide bonds. The van der Waals surface area contributed by atoms with Crippen LogP contribution in [0.2, 0.25) is 0 Å². The van der Waals surface area contributed by atoms with Gasteiger partial charge < -0.3 is 10.8 Å². The molecule has 0 saturated carbocycles. The second-order valence-electron chi connectivity index (χ2n) is 2.11. The SMILES string of the molecule is CC(C)C(N)[11C](=O)O. The fraction of sp³-hybridized carbons (Fsp3) is 0.800. The minimum Gasteiger partial charge on any atom is -0.480 e. The molecule has 3 nitrogen and oxygen atoms in total. The predicted molar refractivity (Wildman–Crippen MR) is 30.4 cm³/mol. The van der Waals surface area contributed by atoms with Crippen LogP contribution in [0.5, 0.6) is 0 Å². The number of carboxylic acid groups (broad SMARTS) is 1. The van der Waals surface area contributed by atoms with Gasteiger partial charge in [0.25, 0.3) is 0 Å². The van der Waals surface area contributed by atoms with Crippen molar-refractivity contribution in [2.75, 3.05) is 0 Å². The van der Waals surface area contributed by atoms with Gasteiger partial charge in [-0.3, -0.25) is 4.79 Å². The van der Waals surface area contributed by atoms with Gasteiger partial charge in [0.15, 0.2) is 0 Å². The number of carboxylic acids is 1. The Morgan fingerprint density at radius 3 is 2.00 bits per heavy atom. The molecule has 0 saturated heterocycles. The number of hydrogen-bond acceptors (Lipinski definition) is 2. The van der Waals surface area contributed by atoms with E-state index >= 15 is 0 Å². The van der Waals surface area contributed by atoms with Gasteiger partial charge in [0, 0.05) is 0 Å². The van der Waals surface area contributed by atoms with Gasteiger partial charge in [0.2, 0.25) is 0 Å². The zero-order chi connectivity index (χ0) is 6.73. The topological polar surface area (TPSA) is 63.3 Å². The van der Waals surface area contributed by atoms with Crippen molar-refractivity contribution in [3.05, 3.63) is 0 Å². The fourth-order valence-corrected chi connectivity index (χ4v) is 0.285. The Bertz CT molecular complexity index is 90.4. The first kappa shape index (κ1) is 7.43. The van der Waals surface area contributed by atoms with Crippen molar-refractivity contribution in [2.45, 2.75) is 19.9 Å². The van der Waals surface area contributed by atoms with Gasteiger partial charge in [-0.05, 0) is 5.92 Å². The van der Waals surface area contributed by atoms with Crippen LogP contribution < -0.4 is 5.73 Å². The van der Waals surface area contributed by atoms with Crippen molar-refractivity contribution in [1.29, 1.82) is 0 Å². The molecule has 0 aromatic carbocycles. The molecule has 0 aliphatic heterocycles. The molecule has 0 heterocycles. The molecule has 0 fully saturated rings. The number of nitrogens with two attached hydrogens (primary N) is 1. The summed E-state index contributed by atoms with van der Waals surface area (Å²) in [4.78, 5) is 10.0. The molecular formula is C5H11NO2. The summed E-state index contributed by atoms with van der Waals surface area (Å²) in [6.45, 7) is 3.55. The maximum Gasteiger partial charge on any atom is 0.320 e. The van der Waals surface area contributed by atoms with Crippen LogP contribution in [-0.2, 0) is 4.79 Å². The van der Waals surface area contributed by atoms with Crippen LogP contribution in [0.4, 0.5) is 0 Å². The summed E-state index contributed by atoms with van der Waals surface area (Å²) in [7, 11) is 0. The maximum atomic E-state index is 10.0. The van der Waals surface area contributed by atoms with Gasteiger partial charge in [-0.15, -0.1) is 0 Å². The zero-order valence-corrected chi connectivity index (χ0v) is 5.09. The Kier molecular flexibility index (Phi) is 2.48. The third-order valence-corrected chi connectivity index (χ3v) is 1.00. The Balaban J connectivity index is 3.64. The molecule has 0 spiro atoms. The van der Waals surface area contributed by atoms with Crippen LogP contribution in [0.3, 0.4) is 0 Å². The van der Waals surface area contributed by atoms with Crippen LogP contribution in [-0.4, -0.2) is 17.1 Å². The standard InChI is InChI=1S/C5H11NO2/c1-3(2)4(6)5(7)8/h3-4H,6H2,1-2H3,(H,7,8)/i5-1. The van der Waals surface area contributed by atoms with E-state index in [4.69, 9.17) is 10.8 Å². The number of aliphatic carboxylic acids is 1. The first-order valence-corrected chi connectivity index (χ1v) is 2.54. The molecule has 48 valence electrons. The average molecular weight is 116 g/mol. The van der Waals surface area contributed by atoms with E-state index in [1.807, 2.05) is 0 Å². The molecular weight excluding hydrogens is 105 g/mol. The van der Waals surface area contributed by atoms with Crippen LogP contribution in [0.1, 0.15) is 13.8 Å². The summed E-state index contributed by atoms with van der Waals surface area (Å²) in [6.07, 6.45) is 0. The van der Waals surface area contributed by atoms with E-state index in [-0.39, 0.29) is 5.92 Å². The van der Waals surface area contributed by atoms with Gasteiger partial charge in [0.1, 0.15) is 6.04 Å². The largest absolute Gasteiger partial charge is 0.480 e. The van der Waals surface area contributed by atoms with E-state index in [1.165, 1.54) is 0 Å². The summed E-state index contributed by atoms with van der Waals surface area (Å²) in [5.41, 5.74) is 5.16. The fourth-order valence-electron chi connectivity index (χ4n) is 0.285. The summed E-state index contributed by atoms with van der Waals surface area (Å²) in [5, 5.41) is 8.23. The normalized spacial score (nSPS) is 14.0. The lowest BCUT2D eigenvalue weighted by Gasteiger charge is -2.07. The Morgan fingerprint density at radius 2 is 2.00 bits per heavy atom. The lowest BCUT2D eigenvalue weighted by Crippen LogP contribution is -2.34. The highest BCUT2D eigenvalue weighted by Crippen LogP contribution is 1.96. The third-order valence-electron chi connectivity index (χ3n) is 1.00. The maximum absolute atomic E-state index is 10.0. The molecule has 0 aliphatic rings. The zero-order valence-electron chi connectivity index (χ0n) is 5.09. The van der Waals surface area contributed by atoms with Gasteiger partial charge in [0.05, 0.1) is 0 Å². The van der Waals surface area contributed by atoms with E-state index in [2.05, 4.69) is 0 Å². The van der Waals surface area contributed by atoms with Crippen LogP contribution in [0.25, 0.3) is 0 Å². The molecule has 0 radical (unpaired) electrons. The van der Waals surface area contributed by atoms with Crippen molar-refractivity contribution in [2.24, 2.45) is 11.7 Å². The summed E-state index contributed by atoms with van der Waals surface area (Å²) >= 11 is 0. The van der Waals surface area contributed by atoms with Crippen molar-refractivity contribution in [3.63, 3.8) is 0 Å². The Labute approximate surface area is 48.5 Å². The molecule has 3 N–H and O–H groups in total. The van der Waals surface area contributed by atoms with E-state index in [9.17, 15) is 4.79 Å². The molecule has 3 heteroatoms. The van der Waals surface area contributed by atoms with Crippen molar-refractivity contribution >= 4 is 5.97 Å². The van der Waals surface area contributed by atoms with Gasteiger partial charge in [-0.1, -0.05) is 13.8 Å². The summed E-state index contributed by atoms with van der Waals surface area (Å²) in [6, 6.07) is -0.713. The molecule has 0 aromatic heterocycles. The highest BCUT2D eigenvalue weighted by Gasteiger charge is 2.14. The van der Waals surface area contributed by atoms with E-state index in [0.29, 0.717) is 0 Å². The monoisotopic (exact) mass is 116 g/mol. The van der Waals surface area contributed by atoms with Gasteiger partial charge >= 0.3 is 5.97 Å². The van der Waals surface area contributed by atoms with Crippen molar-refractivity contribution in [3.8, 4) is 0 Å². The molecule has 0 aliphatic carbocycles. The summed E-state index contributed by atoms with van der Waals surface area (Å²) in [5.74, 6) is -0.910. The van der Waals surface area contributed by atoms with E-state index in [1.54, 1.807) is 13.8 Å². The Hall–Kier alpha value is -0.570. The van der Waals surface area contributed by atoms with Gasteiger partial charge in [-0.25, -0.2) is 0 Å². The van der Waals surface area contributed by atoms with Crippen molar-refractivity contribution < 1.29 is 9.90 Å². The molecule has 0 aromatic rings. The highest BCUT2D eigenvalue weighted by molar-refractivity contribution is 5.73. The Morgan fingerprint density at radius 1 is 1.62 bits per heavy atom. The van der Waals surface area contributed by atoms with Gasteiger partial charge in [-0.2, -0.15) is 0 Å². The van der Waals surface area contributed by atoms with Crippen LogP contribution in [0, 0.1) is 5.92 Å². The average Bonchev–Trinajstić information content (AvgIpc) is 1.64. The minimum atomic E-state index is -0.931. The quantitative estimate of drug-likeness (QED) is 0.536. The number of carbonyl (C=O) groups is 1. The molecule has 8 heavy (non-hydrogen) atoms. The minimum absolute atomic E-state index is 0.0208. The predicted octanol–water partition coefficient (Wildman–Crippen LogP) is 0.0543. The molecule has 0 rings (SSSR count). The molecule has 1 unspecified atom stereocenters. The van der Waals surface area contributed by atoms with Crippen LogP contribution >= 0.6 is 0 Å². The summed E-state index contributed by atoms with van der Waals surface area (Å²) < 4.78 is 0. The number of rotatable bonds is 2. The lowest BCUT2D eigenvalue weighted by atomic mass is 9.86. The highest BCUT2D eigenvalue weighted by atomic mass is 16.3. The van der Waals surface area contributed by atoms with E-state index in [0.717, 1.165) is 0 Å². The first-order valence-electron chi connectivity index (χ1n) is 2.54. The third kappa shape index (κ3) is 1.93. The van der Waals surface area contributed by atoms with Crippen molar-refractivity contribution in [1.82, 2.24) is 0 Å². The lowest BCUT2D eigenvalue weighted by molar-refractivity contribution is -0.139. The van der Waals surface area contributed by atoms with Crippen LogP contribution in [0.15, 0.2) is 0 Å². The molecule has 1 atom stereocenters. The smallest absolute Gasteiger partial charge is 0.320 e. The first-order chi connectivity index (χ1) is 3.55. The molecule has 0 bridgehead atoms. The number of hydrogen-bond donors (Lipinski definition) is 2. The second-order valence-corrected chi connectivity index (χ2v) is 2.11.